The van der Waals surface area contributed by atoms with E-state index >= 15 is 0 Å². The molecule has 2 rings (SSSR count). The lowest BCUT2D eigenvalue weighted by atomic mass is 10.2. The SMILES string of the molecule is Cc1ccccc1NC(=O)Cn1cc(CCCN)nn1. The maximum absolute atomic E-state index is 11.9. The van der Waals surface area contributed by atoms with E-state index < -0.39 is 0 Å². The van der Waals surface area contributed by atoms with E-state index in [2.05, 4.69) is 15.6 Å². The number of nitrogens with one attached hydrogen (secondary N) is 1. The molecule has 1 heterocycles. The number of anilines is 1. The molecular weight excluding hydrogens is 254 g/mol. The lowest BCUT2D eigenvalue weighted by molar-refractivity contribution is -0.116. The number of para-hydroxylation sites is 1. The van der Waals surface area contributed by atoms with Crippen molar-refractivity contribution in [2.45, 2.75) is 26.3 Å². The quantitative estimate of drug-likeness (QED) is 0.825. The van der Waals surface area contributed by atoms with Gasteiger partial charge in [0, 0.05) is 11.9 Å². The fraction of sp³-hybridized carbons (Fsp3) is 0.357. The van der Waals surface area contributed by atoms with Crippen LogP contribution in [-0.2, 0) is 17.8 Å². The first-order chi connectivity index (χ1) is 9.69. The van der Waals surface area contributed by atoms with Crippen LogP contribution in [0.25, 0.3) is 0 Å². The molecule has 0 bridgehead atoms. The highest BCUT2D eigenvalue weighted by molar-refractivity contribution is 5.91. The second-order valence-corrected chi connectivity index (χ2v) is 4.66. The number of amides is 1. The number of nitrogens with two attached hydrogens (primary N) is 1. The molecule has 1 aromatic carbocycles. The van der Waals surface area contributed by atoms with E-state index in [4.69, 9.17) is 5.73 Å². The third kappa shape index (κ3) is 3.89. The molecule has 6 heteroatoms. The Kier molecular flexibility index (Phi) is 4.84. The molecule has 0 saturated heterocycles. The molecule has 1 aromatic heterocycles. The van der Waals surface area contributed by atoms with Crippen molar-refractivity contribution in [3.8, 4) is 0 Å². The van der Waals surface area contributed by atoms with E-state index in [1.165, 1.54) is 0 Å². The van der Waals surface area contributed by atoms with Crippen molar-refractivity contribution >= 4 is 11.6 Å². The number of carbonyl (C=O) groups excluding carboxylic acids is 1. The van der Waals surface area contributed by atoms with Crippen LogP contribution in [0.5, 0.6) is 0 Å². The summed E-state index contributed by atoms with van der Waals surface area (Å²) in [5.41, 5.74) is 8.16. The molecule has 0 radical (unpaired) electrons. The van der Waals surface area contributed by atoms with E-state index in [0.29, 0.717) is 6.54 Å². The minimum absolute atomic E-state index is 0.116. The van der Waals surface area contributed by atoms with E-state index in [1.807, 2.05) is 31.2 Å². The Hall–Kier alpha value is -2.21. The number of rotatable bonds is 6. The summed E-state index contributed by atoms with van der Waals surface area (Å²) >= 11 is 0. The van der Waals surface area contributed by atoms with Gasteiger partial charge in [-0.25, -0.2) is 4.68 Å². The molecule has 3 N–H and O–H groups in total. The minimum atomic E-state index is -0.116. The topological polar surface area (TPSA) is 85.8 Å². The average Bonchev–Trinajstić information content (AvgIpc) is 2.86. The van der Waals surface area contributed by atoms with Gasteiger partial charge < -0.3 is 11.1 Å². The Bertz CT molecular complexity index is 578. The Morgan fingerprint density at radius 3 is 2.95 bits per heavy atom. The van der Waals surface area contributed by atoms with Crippen molar-refractivity contribution in [1.82, 2.24) is 15.0 Å². The molecule has 0 fully saturated rings. The molecule has 0 unspecified atom stereocenters. The van der Waals surface area contributed by atoms with E-state index in [0.717, 1.165) is 29.8 Å². The van der Waals surface area contributed by atoms with Gasteiger partial charge >= 0.3 is 0 Å². The first-order valence-corrected chi connectivity index (χ1v) is 6.63. The molecule has 0 aliphatic heterocycles. The van der Waals surface area contributed by atoms with Crippen LogP contribution in [0, 0.1) is 6.92 Å². The molecule has 2 aromatic rings. The maximum Gasteiger partial charge on any atom is 0.246 e. The summed E-state index contributed by atoms with van der Waals surface area (Å²) in [5, 5.41) is 10.8. The molecule has 0 saturated carbocycles. The number of aryl methyl sites for hydroxylation is 2. The second kappa shape index (κ2) is 6.81. The molecule has 0 aliphatic carbocycles. The number of nitrogens with zero attached hydrogens (tertiary/aromatic N) is 3. The average molecular weight is 273 g/mol. The van der Waals surface area contributed by atoms with Crippen molar-refractivity contribution in [3.05, 3.63) is 41.7 Å². The molecule has 6 nitrogen and oxygen atoms in total. The van der Waals surface area contributed by atoms with Gasteiger partial charge in [-0.1, -0.05) is 23.4 Å². The smallest absolute Gasteiger partial charge is 0.246 e. The third-order valence-electron chi connectivity index (χ3n) is 2.95. The first-order valence-electron chi connectivity index (χ1n) is 6.63. The second-order valence-electron chi connectivity index (χ2n) is 4.66. The number of benzene rings is 1. The van der Waals surface area contributed by atoms with Crippen molar-refractivity contribution in [2.75, 3.05) is 11.9 Å². The predicted octanol–water partition coefficient (Wildman–Crippen LogP) is 1.12. The summed E-state index contributed by atoms with van der Waals surface area (Å²) in [4.78, 5) is 11.9. The van der Waals surface area contributed by atoms with Crippen LogP contribution >= 0.6 is 0 Å². The van der Waals surface area contributed by atoms with E-state index in [-0.39, 0.29) is 12.5 Å². The zero-order chi connectivity index (χ0) is 14.4. The highest BCUT2D eigenvalue weighted by atomic mass is 16.2. The Balaban J connectivity index is 1.91. The molecule has 0 spiro atoms. The van der Waals surface area contributed by atoms with Crippen molar-refractivity contribution in [2.24, 2.45) is 5.73 Å². The fourth-order valence-corrected chi connectivity index (χ4v) is 1.86. The van der Waals surface area contributed by atoms with E-state index in [1.54, 1.807) is 10.9 Å². The van der Waals surface area contributed by atoms with Crippen LogP contribution in [-0.4, -0.2) is 27.4 Å². The van der Waals surface area contributed by atoms with Gasteiger partial charge in [0.05, 0.1) is 5.69 Å². The molecule has 1 amide bonds. The number of hydrogen-bond acceptors (Lipinski definition) is 4. The number of aromatic nitrogens is 3. The fourth-order valence-electron chi connectivity index (χ4n) is 1.86. The summed E-state index contributed by atoms with van der Waals surface area (Å²) in [7, 11) is 0. The van der Waals surface area contributed by atoms with Gasteiger partial charge in [-0.3, -0.25) is 4.79 Å². The van der Waals surface area contributed by atoms with Crippen LogP contribution in [0.2, 0.25) is 0 Å². The van der Waals surface area contributed by atoms with Gasteiger partial charge in [0.2, 0.25) is 5.91 Å². The van der Waals surface area contributed by atoms with Crippen molar-refractivity contribution < 1.29 is 4.79 Å². The molecule has 0 aliphatic rings. The van der Waals surface area contributed by atoms with Gasteiger partial charge in [0.25, 0.3) is 0 Å². The molecule has 106 valence electrons. The number of hydrogen-bond donors (Lipinski definition) is 2. The Morgan fingerprint density at radius 1 is 1.40 bits per heavy atom. The van der Waals surface area contributed by atoms with Crippen LogP contribution in [0.1, 0.15) is 17.7 Å². The summed E-state index contributed by atoms with van der Waals surface area (Å²) < 4.78 is 1.54. The summed E-state index contributed by atoms with van der Waals surface area (Å²) in [6.07, 6.45) is 3.44. The molecule has 0 atom stereocenters. The third-order valence-corrected chi connectivity index (χ3v) is 2.95. The minimum Gasteiger partial charge on any atom is -0.330 e. The highest BCUT2D eigenvalue weighted by Crippen LogP contribution is 2.12. The molecular formula is C14H19N5O. The van der Waals surface area contributed by atoms with Crippen LogP contribution in [0.3, 0.4) is 0 Å². The highest BCUT2D eigenvalue weighted by Gasteiger charge is 2.07. The molecule has 20 heavy (non-hydrogen) atoms. The van der Waals surface area contributed by atoms with Gasteiger partial charge in [-0.2, -0.15) is 0 Å². The van der Waals surface area contributed by atoms with Crippen molar-refractivity contribution in [1.29, 1.82) is 0 Å². The first kappa shape index (κ1) is 14.2. The van der Waals surface area contributed by atoms with Gasteiger partial charge in [-0.15, -0.1) is 5.10 Å². The lowest BCUT2D eigenvalue weighted by Crippen LogP contribution is -2.19. The predicted molar refractivity (Wildman–Crippen MR) is 77.2 cm³/mol. The standard InChI is InChI=1S/C14H19N5O/c1-11-5-2-3-7-13(11)16-14(20)10-19-9-12(17-18-19)6-4-8-15/h2-3,5,7,9H,4,6,8,10,15H2,1H3,(H,16,20). The maximum atomic E-state index is 11.9. The van der Waals surface area contributed by atoms with E-state index in [9.17, 15) is 4.79 Å². The largest absolute Gasteiger partial charge is 0.330 e. The normalized spacial score (nSPS) is 10.5. The van der Waals surface area contributed by atoms with Crippen LogP contribution < -0.4 is 11.1 Å². The summed E-state index contributed by atoms with van der Waals surface area (Å²) in [6, 6.07) is 7.66. The Morgan fingerprint density at radius 2 is 2.20 bits per heavy atom. The zero-order valence-electron chi connectivity index (χ0n) is 11.5. The number of carbonyl (C=O) groups is 1. The monoisotopic (exact) mass is 273 g/mol. The van der Waals surface area contributed by atoms with Crippen LogP contribution in [0.4, 0.5) is 5.69 Å². The van der Waals surface area contributed by atoms with Gasteiger partial charge in [0.15, 0.2) is 0 Å². The Labute approximate surface area is 118 Å². The van der Waals surface area contributed by atoms with Gasteiger partial charge in [0.1, 0.15) is 6.54 Å². The summed E-state index contributed by atoms with van der Waals surface area (Å²) in [5.74, 6) is -0.116. The van der Waals surface area contributed by atoms with Crippen LogP contribution in [0.15, 0.2) is 30.5 Å². The summed E-state index contributed by atoms with van der Waals surface area (Å²) in [6.45, 7) is 2.74. The zero-order valence-corrected chi connectivity index (χ0v) is 11.5. The van der Waals surface area contributed by atoms with Gasteiger partial charge in [-0.05, 0) is 37.9 Å². The lowest BCUT2D eigenvalue weighted by Gasteiger charge is -2.07. The van der Waals surface area contributed by atoms with Crippen molar-refractivity contribution in [3.63, 3.8) is 0 Å².